The fourth-order valence-corrected chi connectivity index (χ4v) is 7.63. The number of fused-ring (bicyclic) bond motifs is 2. The van der Waals surface area contributed by atoms with Crippen LogP contribution in [0.3, 0.4) is 0 Å². The van der Waals surface area contributed by atoms with Gasteiger partial charge in [0.05, 0.1) is 45.9 Å². The number of nitrogen functional groups attached to an aromatic ring is 2. The lowest BCUT2D eigenvalue weighted by Crippen LogP contribution is -2.14. The van der Waals surface area contributed by atoms with Crippen molar-refractivity contribution in [1.29, 1.82) is 0 Å². The van der Waals surface area contributed by atoms with Gasteiger partial charge in [0.2, 0.25) is 11.8 Å². The van der Waals surface area contributed by atoms with E-state index in [1.807, 2.05) is 65.7 Å². The Hall–Kier alpha value is -7.91. The van der Waals surface area contributed by atoms with E-state index >= 15 is 0 Å². The Morgan fingerprint density at radius 3 is 1.51 bits per heavy atom. The average molecular weight is 1080 g/mol. The van der Waals surface area contributed by atoms with Gasteiger partial charge in [-0.1, -0.05) is 42.0 Å². The second-order valence-electron chi connectivity index (χ2n) is 16.3. The molecule has 0 atom stereocenters. The average Bonchev–Trinajstić information content (AvgIpc) is 3.89. The summed E-state index contributed by atoms with van der Waals surface area (Å²) in [4.78, 5) is 40.8. The van der Waals surface area contributed by atoms with Crippen molar-refractivity contribution in [1.82, 2.24) is 29.1 Å². The lowest BCUT2D eigenvalue weighted by molar-refractivity contribution is -0.138. The fraction of sp³-hybridized carbons (Fsp3) is 0.192. The highest BCUT2D eigenvalue weighted by Gasteiger charge is 2.31. The van der Waals surface area contributed by atoms with E-state index in [1.54, 1.807) is 18.2 Å². The van der Waals surface area contributed by atoms with Crippen LogP contribution in [0.15, 0.2) is 122 Å². The summed E-state index contributed by atoms with van der Waals surface area (Å²) >= 11 is 2.15. The molecule has 364 valence electrons. The smallest absolute Gasteiger partial charge is 0.383 e. The molecular weight excluding hydrogens is 1040 g/mol. The van der Waals surface area contributed by atoms with E-state index in [-0.39, 0.29) is 30.7 Å². The first-order chi connectivity index (χ1) is 33.6. The third-order valence-electron chi connectivity index (χ3n) is 10.4. The molecule has 0 radical (unpaired) electrons. The third kappa shape index (κ3) is 13.9. The standard InChI is InChI=1S/C26H22F3N5O.C15H11F3INO.C11H12N4/c1-16(2)34-14-19(23-24(30)31-15-32-25(23)34)7-6-17-4-3-5-18(12-17)13-22(35)33-21-10-8-20(9-11-21)26(27,28)29;16-15(17,18)11-4-6-13(7-5-11)20-14(21)9-10-2-1-3-12(19)8-10;1-4-8-5-15(7(2)3)11-9(8)10(12)13-6-14-11/h3-5,8-12,14-16H,13H2,1-2H3,(H,33,35)(H2,30,31,32);1-8H,9H2,(H,20,21);1,5-7H,2-3H3,(H2,12,13,14). The van der Waals surface area contributed by atoms with Crippen LogP contribution < -0.4 is 22.1 Å². The maximum absolute atomic E-state index is 12.7. The number of aromatic nitrogens is 6. The zero-order valence-electron chi connectivity index (χ0n) is 38.5. The van der Waals surface area contributed by atoms with Gasteiger partial charge in [-0.05, 0) is 134 Å². The molecule has 0 spiro atoms. The van der Waals surface area contributed by atoms with Crippen LogP contribution in [0.5, 0.6) is 0 Å². The minimum atomic E-state index is -4.42. The summed E-state index contributed by atoms with van der Waals surface area (Å²) < 4.78 is 80.4. The summed E-state index contributed by atoms with van der Waals surface area (Å²) in [6.07, 6.45) is 3.52. The minimum Gasteiger partial charge on any atom is -0.383 e. The van der Waals surface area contributed by atoms with E-state index in [4.69, 9.17) is 17.9 Å². The molecule has 71 heavy (non-hydrogen) atoms. The number of benzene rings is 4. The number of nitrogens with zero attached hydrogens (tertiary/aromatic N) is 6. The first-order valence-electron chi connectivity index (χ1n) is 21.6. The molecule has 4 heterocycles. The molecule has 0 aliphatic carbocycles. The highest BCUT2D eigenvalue weighted by atomic mass is 127. The van der Waals surface area contributed by atoms with Crippen LogP contribution in [0.25, 0.3) is 22.1 Å². The molecule has 2 amide bonds. The Bertz CT molecular complexity index is 3290. The molecule has 0 saturated heterocycles. The highest BCUT2D eigenvalue weighted by Crippen LogP contribution is 2.32. The molecule has 6 N–H and O–H groups in total. The van der Waals surface area contributed by atoms with Crippen LogP contribution in [-0.2, 0) is 34.8 Å². The number of nitrogens with two attached hydrogens (primary N) is 2. The zero-order chi connectivity index (χ0) is 51.6. The molecule has 0 bridgehead atoms. The van der Waals surface area contributed by atoms with Crippen LogP contribution in [0.4, 0.5) is 49.4 Å². The lowest BCUT2D eigenvalue weighted by Gasteiger charge is -2.09. The quantitative estimate of drug-likeness (QED) is 0.0661. The summed E-state index contributed by atoms with van der Waals surface area (Å²) in [5.74, 6) is 9.02. The van der Waals surface area contributed by atoms with Crippen molar-refractivity contribution in [3.05, 3.63) is 165 Å². The van der Waals surface area contributed by atoms with Gasteiger partial charge in [0.25, 0.3) is 0 Å². The SMILES string of the molecule is C#Cc1cn(C(C)C)c2ncnc(N)c12.CC(C)n1cc(C#Cc2cccc(CC(=O)Nc3ccc(C(F)(F)F)cc3)c2)c2c(N)ncnc21.O=C(Cc1cccc(I)c1)Nc1ccc(C(F)(F)F)cc1. The van der Waals surface area contributed by atoms with Crippen molar-refractivity contribution in [3.63, 3.8) is 0 Å². The van der Waals surface area contributed by atoms with E-state index < -0.39 is 23.5 Å². The van der Waals surface area contributed by atoms with Gasteiger partial charge in [0.1, 0.15) is 35.6 Å². The molecule has 4 aromatic carbocycles. The summed E-state index contributed by atoms with van der Waals surface area (Å²) in [6.45, 7) is 8.21. The zero-order valence-corrected chi connectivity index (χ0v) is 40.7. The predicted octanol–water partition coefficient (Wildman–Crippen LogP) is 11.3. The number of hydrogen-bond donors (Lipinski definition) is 4. The Labute approximate surface area is 418 Å². The molecule has 0 saturated carbocycles. The number of terminal acetylenes is 1. The number of carbonyl (C=O) groups is 2. The van der Waals surface area contributed by atoms with E-state index in [0.717, 1.165) is 50.0 Å². The van der Waals surface area contributed by atoms with Gasteiger partial charge in [-0.3, -0.25) is 9.59 Å². The Balaban J connectivity index is 0.000000193. The Morgan fingerprint density at radius 2 is 1.07 bits per heavy atom. The van der Waals surface area contributed by atoms with E-state index in [1.165, 1.54) is 36.9 Å². The van der Waals surface area contributed by atoms with Crippen LogP contribution in [0.1, 0.15) is 78.7 Å². The fourth-order valence-electron chi connectivity index (χ4n) is 7.02. The largest absolute Gasteiger partial charge is 0.416 e. The van der Waals surface area contributed by atoms with Gasteiger partial charge in [-0.2, -0.15) is 26.3 Å². The van der Waals surface area contributed by atoms with Crippen molar-refractivity contribution in [2.75, 3.05) is 22.1 Å². The molecule has 12 nitrogen and oxygen atoms in total. The number of carbonyl (C=O) groups excluding carboxylic acids is 2. The van der Waals surface area contributed by atoms with Gasteiger partial charge < -0.3 is 31.2 Å². The second kappa shape index (κ2) is 22.7. The van der Waals surface area contributed by atoms with Gasteiger partial charge in [-0.25, -0.2) is 19.9 Å². The molecule has 8 aromatic rings. The maximum atomic E-state index is 12.7. The van der Waals surface area contributed by atoms with E-state index in [9.17, 15) is 35.9 Å². The molecule has 0 aliphatic rings. The van der Waals surface area contributed by atoms with Crippen LogP contribution in [0, 0.1) is 27.8 Å². The number of anilines is 4. The first-order valence-corrected chi connectivity index (χ1v) is 22.7. The second-order valence-corrected chi connectivity index (χ2v) is 17.6. The number of amides is 2. The van der Waals surface area contributed by atoms with Crippen LogP contribution in [0.2, 0.25) is 0 Å². The van der Waals surface area contributed by atoms with Crippen molar-refractivity contribution in [2.24, 2.45) is 0 Å². The maximum Gasteiger partial charge on any atom is 0.416 e. The number of rotatable bonds is 8. The number of alkyl halides is 6. The van der Waals surface area contributed by atoms with E-state index in [2.05, 4.69) is 84.8 Å². The molecule has 0 unspecified atom stereocenters. The van der Waals surface area contributed by atoms with Gasteiger partial charge >= 0.3 is 12.4 Å². The molecule has 0 fully saturated rings. The van der Waals surface area contributed by atoms with E-state index in [0.29, 0.717) is 56.8 Å². The van der Waals surface area contributed by atoms with Gasteiger partial charge in [0.15, 0.2) is 0 Å². The first kappa shape index (κ1) is 52.5. The normalized spacial score (nSPS) is 11.2. The number of hydrogen-bond acceptors (Lipinski definition) is 8. The van der Waals surface area contributed by atoms with Crippen LogP contribution in [-0.4, -0.2) is 40.9 Å². The lowest BCUT2D eigenvalue weighted by atomic mass is 10.1. The minimum absolute atomic E-state index is 0.0456. The van der Waals surface area contributed by atoms with Gasteiger partial charge in [-0.15, -0.1) is 6.42 Å². The van der Waals surface area contributed by atoms with Crippen molar-refractivity contribution in [2.45, 2.75) is 65.0 Å². The summed E-state index contributed by atoms with van der Waals surface area (Å²) in [5, 5.41) is 6.66. The number of nitrogens with one attached hydrogen (secondary N) is 2. The highest BCUT2D eigenvalue weighted by molar-refractivity contribution is 14.1. The summed E-state index contributed by atoms with van der Waals surface area (Å²) in [6, 6.07) is 23.8. The molecule has 8 rings (SSSR count). The molecule has 19 heteroatoms. The molecule has 4 aromatic heterocycles. The van der Waals surface area contributed by atoms with Crippen LogP contribution >= 0.6 is 22.6 Å². The molecular formula is C52H45F6IN10O2. The van der Waals surface area contributed by atoms with Crippen molar-refractivity contribution in [3.8, 4) is 24.2 Å². The van der Waals surface area contributed by atoms with Crippen molar-refractivity contribution >= 4 is 79.5 Å². The molecule has 0 aliphatic heterocycles. The Morgan fingerprint density at radius 1 is 0.634 bits per heavy atom. The number of halogens is 7. The Kier molecular flexibility index (Phi) is 16.8. The predicted molar refractivity (Wildman–Crippen MR) is 272 cm³/mol. The summed E-state index contributed by atoms with van der Waals surface area (Å²) in [5.41, 5.74) is 16.2. The third-order valence-corrected chi connectivity index (χ3v) is 11.1. The monoisotopic (exact) mass is 1080 g/mol. The van der Waals surface area contributed by atoms with Gasteiger partial charge in [0, 0.05) is 45.0 Å². The topological polar surface area (TPSA) is 172 Å². The van der Waals surface area contributed by atoms with Crippen molar-refractivity contribution < 1.29 is 35.9 Å². The summed E-state index contributed by atoms with van der Waals surface area (Å²) in [7, 11) is 0.